The molecule has 2 aromatic rings. The van der Waals surface area contributed by atoms with Gasteiger partial charge in [0.1, 0.15) is 11.5 Å². The molecular weight excluding hydrogens is 304 g/mol. The summed E-state index contributed by atoms with van der Waals surface area (Å²) in [5.41, 5.74) is 0.818. The number of rotatable bonds is 6. The van der Waals surface area contributed by atoms with Gasteiger partial charge < -0.3 is 9.47 Å². The molecule has 0 saturated carbocycles. The Kier molecular flexibility index (Phi) is 5.26. The van der Waals surface area contributed by atoms with Crippen molar-refractivity contribution in [1.29, 1.82) is 5.26 Å². The summed E-state index contributed by atoms with van der Waals surface area (Å²) >= 11 is 0. The first-order valence-corrected chi connectivity index (χ1v) is 6.75. The molecule has 0 aromatic heterocycles. The van der Waals surface area contributed by atoms with Gasteiger partial charge in [-0.15, -0.1) is 0 Å². The van der Waals surface area contributed by atoms with E-state index in [9.17, 15) is 13.6 Å². The topological polar surface area (TPSA) is 59.3 Å². The van der Waals surface area contributed by atoms with Crippen LogP contribution in [0.1, 0.15) is 22.8 Å². The molecule has 0 radical (unpaired) electrons. The summed E-state index contributed by atoms with van der Waals surface area (Å²) in [6.45, 7) is -1.32. The third-order valence-electron chi connectivity index (χ3n) is 3.03. The number of alkyl halides is 2. The molecule has 1 atom stereocenters. The van der Waals surface area contributed by atoms with E-state index < -0.39 is 12.7 Å². The van der Waals surface area contributed by atoms with Crippen LogP contribution in [0, 0.1) is 11.3 Å². The van der Waals surface area contributed by atoms with E-state index in [1.807, 2.05) is 6.07 Å². The Labute approximate surface area is 131 Å². The number of ether oxygens (including phenoxy) is 2. The molecule has 6 heteroatoms. The Bertz CT molecular complexity index is 706. The van der Waals surface area contributed by atoms with Crippen molar-refractivity contribution in [3.63, 3.8) is 0 Å². The van der Waals surface area contributed by atoms with Crippen LogP contribution in [0.4, 0.5) is 8.78 Å². The van der Waals surface area contributed by atoms with E-state index in [0.29, 0.717) is 16.9 Å². The van der Waals surface area contributed by atoms with Crippen LogP contribution in [0.5, 0.6) is 11.5 Å². The molecule has 4 nitrogen and oxygen atoms in total. The van der Waals surface area contributed by atoms with Crippen LogP contribution in [0.3, 0.4) is 0 Å². The van der Waals surface area contributed by atoms with Gasteiger partial charge >= 0.3 is 6.61 Å². The number of carbonyl (C=O) groups is 1. The molecule has 0 bridgehead atoms. The second kappa shape index (κ2) is 7.36. The lowest BCUT2D eigenvalue weighted by molar-refractivity contribution is -0.0498. The first-order valence-electron chi connectivity index (χ1n) is 6.75. The molecule has 0 saturated heterocycles. The fourth-order valence-electron chi connectivity index (χ4n) is 1.90. The van der Waals surface area contributed by atoms with Crippen LogP contribution >= 0.6 is 0 Å². The summed E-state index contributed by atoms with van der Waals surface area (Å²) in [5.74, 6) is 0.151. The maximum absolute atomic E-state index is 12.2. The molecule has 0 unspecified atom stereocenters. The van der Waals surface area contributed by atoms with Crippen LogP contribution in [0.15, 0.2) is 48.5 Å². The molecule has 0 heterocycles. The third kappa shape index (κ3) is 4.51. The number of hydrogen-bond donors (Lipinski definition) is 0. The van der Waals surface area contributed by atoms with Gasteiger partial charge in [0.2, 0.25) is 5.78 Å². The van der Waals surface area contributed by atoms with Gasteiger partial charge in [-0.05, 0) is 55.5 Å². The van der Waals surface area contributed by atoms with Crippen molar-refractivity contribution in [2.75, 3.05) is 0 Å². The second-order valence-corrected chi connectivity index (χ2v) is 4.66. The zero-order valence-corrected chi connectivity index (χ0v) is 12.2. The number of nitrogens with zero attached hydrogens (tertiary/aromatic N) is 1. The van der Waals surface area contributed by atoms with Crippen LogP contribution in [0.2, 0.25) is 0 Å². The molecule has 118 valence electrons. The average molecular weight is 317 g/mol. The Morgan fingerprint density at radius 1 is 1.00 bits per heavy atom. The zero-order valence-electron chi connectivity index (χ0n) is 12.2. The summed E-state index contributed by atoms with van der Waals surface area (Å²) in [6.07, 6.45) is -0.759. The van der Waals surface area contributed by atoms with Crippen LogP contribution in [-0.4, -0.2) is 18.5 Å². The molecule has 2 aromatic carbocycles. The van der Waals surface area contributed by atoms with Gasteiger partial charge in [0.25, 0.3) is 0 Å². The van der Waals surface area contributed by atoms with E-state index in [0.717, 1.165) is 0 Å². The average Bonchev–Trinajstić information content (AvgIpc) is 2.55. The van der Waals surface area contributed by atoms with Gasteiger partial charge in [0, 0.05) is 5.56 Å². The number of nitriles is 1. The van der Waals surface area contributed by atoms with E-state index in [2.05, 4.69) is 4.74 Å². The fraction of sp³-hybridized carbons (Fsp3) is 0.176. The van der Waals surface area contributed by atoms with E-state index >= 15 is 0 Å². The molecule has 0 fully saturated rings. The highest BCUT2D eigenvalue weighted by atomic mass is 19.3. The van der Waals surface area contributed by atoms with Crippen LogP contribution < -0.4 is 9.47 Å². The lowest BCUT2D eigenvalue weighted by Crippen LogP contribution is -2.23. The molecule has 0 aliphatic rings. The molecule has 0 aliphatic carbocycles. The fourth-order valence-corrected chi connectivity index (χ4v) is 1.90. The standard InChI is InChI=1S/C17H13F2NO3/c1-11(22-14-6-2-12(10-20)3-7-14)16(21)13-4-8-15(9-5-13)23-17(18)19/h2-9,11,17H,1H3/t11-/m0/s1. The van der Waals surface area contributed by atoms with Crippen molar-refractivity contribution in [1.82, 2.24) is 0 Å². The molecule has 0 amide bonds. The largest absolute Gasteiger partial charge is 0.483 e. The molecule has 23 heavy (non-hydrogen) atoms. The quantitative estimate of drug-likeness (QED) is 0.760. The minimum atomic E-state index is -2.91. The number of ketones is 1. The summed E-state index contributed by atoms with van der Waals surface area (Å²) in [7, 11) is 0. The Balaban J connectivity index is 2.02. The van der Waals surface area contributed by atoms with Gasteiger partial charge in [-0.2, -0.15) is 14.0 Å². The van der Waals surface area contributed by atoms with Gasteiger partial charge in [-0.3, -0.25) is 4.79 Å². The van der Waals surface area contributed by atoms with Crippen molar-refractivity contribution in [2.45, 2.75) is 19.6 Å². The highest BCUT2D eigenvalue weighted by Crippen LogP contribution is 2.18. The van der Waals surface area contributed by atoms with E-state index in [-0.39, 0.29) is 11.5 Å². The smallest absolute Gasteiger partial charge is 0.387 e. The summed E-state index contributed by atoms with van der Waals surface area (Å²) in [6, 6.07) is 13.8. The maximum Gasteiger partial charge on any atom is 0.387 e. The van der Waals surface area contributed by atoms with Crippen molar-refractivity contribution in [3.05, 3.63) is 59.7 Å². The third-order valence-corrected chi connectivity index (χ3v) is 3.03. The number of carbonyl (C=O) groups excluding carboxylic acids is 1. The van der Waals surface area contributed by atoms with Crippen molar-refractivity contribution in [2.24, 2.45) is 0 Å². The van der Waals surface area contributed by atoms with Crippen molar-refractivity contribution < 1.29 is 23.0 Å². The zero-order chi connectivity index (χ0) is 16.8. The first kappa shape index (κ1) is 16.4. The molecule has 2 rings (SSSR count). The van der Waals surface area contributed by atoms with E-state index in [4.69, 9.17) is 10.00 Å². The SMILES string of the molecule is C[C@H](Oc1ccc(C#N)cc1)C(=O)c1ccc(OC(F)F)cc1. The summed E-state index contributed by atoms with van der Waals surface area (Å²) < 4.78 is 33.9. The Morgan fingerprint density at radius 2 is 1.52 bits per heavy atom. The minimum Gasteiger partial charge on any atom is -0.483 e. The molecule has 0 N–H and O–H groups in total. The number of benzene rings is 2. The Hall–Kier alpha value is -2.94. The van der Waals surface area contributed by atoms with Gasteiger partial charge in [-0.1, -0.05) is 0 Å². The van der Waals surface area contributed by atoms with Crippen LogP contribution in [0.25, 0.3) is 0 Å². The van der Waals surface area contributed by atoms with Gasteiger partial charge in [0.15, 0.2) is 6.10 Å². The number of halogens is 2. The summed E-state index contributed by atoms with van der Waals surface area (Å²) in [5, 5.41) is 8.72. The maximum atomic E-state index is 12.2. The molecular formula is C17H13F2NO3. The van der Waals surface area contributed by atoms with Crippen LogP contribution in [-0.2, 0) is 0 Å². The molecule has 0 aliphatic heterocycles. The normalized spacial score (nSPS) is 11.6. The predicted molar refractivity (Wildman–Crippen MR) is 78.7 cm³/mol. The highest BCUT2D eigenvalue weighted by molar-refractivity contribution is 5.99. The minimum absolute atomic E-state index is 0.0165. The first-order chi connectivity index (χ1) is 11.0. The van der Waals surface area contributed by atoms with E-state index in [1.165, 1.54) is 24.3 Å². The second-order valence-electron chi connectivity index (χ2n) is 4.66. The van der Waals surface area contributed by atoms with E-state index in [1.54, 1.807) is 31.2 Å². The Morgan fingerprint density at radius 3 is 2.04 bits per heavy atom. The summed E-state index contributed by atoms with van der Waals surface area (Å²) in [4.78, 5) is 12.2. The van der Waals surface area contributed by atoms with Gasteiger partial charge in [-0.25, -0.2) is 0 Å². The van der Waals surface area contributed by atoms with Crippen molar-refractivity contribution >= 4 is 5.78 Å². The molecule has 0 spiro atoms. The van der Waals surface area contributed by atoms with Gasteiger partial charge in [0.05, 0.1) is 11.6 Å². The predicted octanol–water partition coefficient (Wildman–Crippen LogP) is 3.81. The number of Topliss-reactive ketones (excluding diaryl/α,β-unsaturated/α-hetero) is 1. The number of hydrogen-bond acceptors (Lipinski definition) is 4. The van der Waals surface area contributed by atoms with Crippen molar-refractivity contribution in [3.8, 4) is 17.6 Å². The monoisotopic (exact) mass is 317 g/mol. The highest BCUT2D eigenvalue weighted by Gasteiger charge is 2.17. The lowest BCUT2D eigenvalue weighted by Gasteiger charge is -2.14. The lowest BCUT2D eigenvalue weighted by atomic mass is 10.1.